The summed E-state index contributed by atoms with van der Waals surface area (Å²) in [4.78, 5) is 34.3. The van der Waals surface area contributed by atoms with Gasteiger partial charge in [-0.25, -0.2) is 14.9 Å². The van der Waals surface area contributed by atoms with Gasteiger partial charge in [0.15, 0.2) is 17.5 Å². The lowest BCUT2D eigenvalue weighted by Gasteiger charge is -2.20. The van der Waals surface area contributed by atoms with Gasteiger partial charge in [0.2, 0.25) is 5.91 Å². The molecule has 1 saturated carbocycles. The van der Waals surface area contributed by atoms with E-state index < -0.39 is 0 Å². The molecule has 1 aliphatic carbocycles. The average Bonchev–Trinajstić information content (AvgIpc) is 3.50. The first-order chi connectivity index (χ1) is 15.0. The molecule has 8 heteroatoms. The van der Waals surface area contributed by atoms with Crippen LogP contribution in [0, 0.1) is 0 Å². The highest BCUT2D eigenvalue weighted by Crippen LogP contribution is 2.40. The zero-order valence-electron chi connectivity index (χ0n) is 17.4. The number of aromatic nitrogens is 4. The molecule has 1 aliphatic rings. The van der Waals surface area contributed by atoms with Gasteiger partial charge in [0, 0.05) is 48.8 Å². The van der Waals surface area contributed by atoms with Gasteiger partial charge >= 0.3 is 5.97 Å². The summed E-state index contributed by atoms with van der Waals surface area (Å²) in [5, 5.41) is 7.41. The summed E-state index contributed by atoms with van der Waals surface area (Å²) in [5.74, 6) is 1.28. The van der Waals surface area contributed by atoms with Gasteiger partial charge < -0.3 is 4.74 Å². The molecule has 2 aromatic heterocycles. The lowest BCUT2D eigenvalue weighted by molar-refractivity contribution is -0.139. The molecule has 0 spiro atoms. The van der Waals surface area contributed by atoms with E-state index in [-0.39, 0.29) is 18.5 Å². The molecule has 3 aromatic rings. The third-order valence-electron chi connectivity index (χ3n) is 4.87. The highest BCUT2D eigenvalue weighted by Gasteiger charge is 2.28. The molecule has 158 valence electrons. The van der Waals surface area contributed by atoms with Gasteiger partial charge in [-0.3, -0.25) is 14.7 Å². The molecule has 0 aliphatic heterocycles. The maximum absolute atomic E-state index is 12.7. The van der Waals surface area contributed by atoms with E-state index in [0.29, 0.717) is 28.9 Å². The largest absolute Gasteiger partial charge is 0.462 e. The number of benzene rings is 1. The third-order valence-corrected chi connectivity index (χ3v) is 4.87. The molecule has 0 bridgehead atoms. The van der Waals surface area contributed by atoms with Crippen LogP contribution in [0.2, 0.25) is 0 Å². The van der Waals surface area contributed by atoms with Crippen LogP contribution in [0.3, 0.4) is 0 Å². The number of carbonyl (C=O) groups excluding carboxylic acids is 2. The number of nitrogens with one attached hydrogen (secondary N) is 1. The molecule has 8 nitrogen and oxygen atoms in total. The van der Waals surface area contributed by atoms with Crippen LogP contribution in [0.5, 0.6) is 0 Å². The molecule has 1 aromatic carbocycles. The van der Waals surface area contributed by atoms with Crippen molar-refractivity contribution < 1.29 is 14.3 Å². The second-order valence-corrected chi connectivity index (χ2v) is 7.35. The van der Waals surface area contributed by atoms with Crippen LogP contribution in [0.4, 0.5) is 11.6 Å². The second kappa shape index (κ2) is 8.91. The van der Waals surface area contributed by atoms with Gasteiger partial charge in [0.05, 0.1) is 0 Å². The summed E-state index contributed by atoms with van der Waals surface area (Å²) in [6.45, 7) is 2.94. The first kappa shape index (κ1) is 20.5. The molecule has 1 amide bonds. The van der Waals surface area contributed by atoms with Crippen molar-refractivity contribution in [2.75, 3.05) is 11.5 Å². The molecule has 31 heavy (non-hydrogen) atoms. The fourth-order valence-corrected chi connectivity index (χ4v) is 3.21. The third kappa shape index (κ3) is 4.85. The fourth-order valence-electron chi connectivity index (χ4n) is 3.21. The summed E-state index contributed by atoms with van der Waals surface area (Å²) in [6.07, 6.45) is 7.32. The predicted octanol–water partition coefficient (Wildman–Crippen LogP) is 4.01. The average molecular weight is 417 g/mol. The molecule has 0 atom stereocenters. The lowest BCUT2D eigenvalue weighted by atomic mass is 10.2. The number of amides is 1. The van der Waals surface area contributed by atoms with Crippen molar-refractivity contribution >= 4 is 29.6 Å². The van der Waals surface area contributed by atoms with Crippen molar-refractivity contribution in [1.29, 1.82) is 0 Å². The lowest BCUT2D eigenvalue weighted by Crippen LogP contribution is -2.25. The van der Waals surface area contributed by atoms with Crippen LogP contribution in [-0.4, -0.2) is 38.6 Å². The monoisotopic (exact) mass is 417 g/mol. The molecular weight excluding hydrogens is 394 g/mol. The molecule has 2 heterocycles. The Morgan fingerprint density at radius 1 is 1.23 bits per heavy atom. The Kier molecular flexibility index (Phi) is 5.88. The summed E-state index contributed by atoms with van der Waals surface area (Å²) in [6, 6.07) is 11.4. The number of rotatable bonds is 7. The van der Waals surface area contributed by atoms with Gasteiger partial charge in [0.1, 0.15) is 6.61 Å². The minimum atomic E-state index is -0.366. The molecule has 1 N–H and O–H groups in total. The summed E-state index contributed by atoms with van der Waals surface area (Å²) in [7, 11) is 0. The first-order valence-electron chi connectivity index (χ1n) is 10.1. The van der Waals surface area contributed by atoms with E-state index in [4.69, 9.17) is 9.72 Å². The Balaban J connectivity index is 1.75. The van der Waals surface area contributed by atoms with Gasteiger partial charge in [-0.05, 0) is 18.9 Å². The Bertz CT molecular complexity index is 1120. The maximum Gasteiger partial charge on any atom is 0.302 e. The molecule has 4 rings (SSSR count). The van der Waals surface area contributed by atoms with Gasteiger partial charge in [-0.1, -0.05) is 36.4 Å². The van der Waals surface area contributed by atoms with Crippen molar-refractivity contribution in [3.8, 4) is 11.4 Å². The van der Waals surface area contributed by atoms with Crippen molar-refractivity contribution in [2.45, 2.75) is 32.6 Å². The van der Waals surface area contributed by atoms with E-state index in [9.17, 15) is 9.59 Å². The molecule has 0 radical (unpaired) electrons. The predicted molar refractivity (Wildman–Crippen MR) is 117 cm³/mol. The maximum atomic E-state index is 12.7. The van der Waals surface area contributed by atoms with E-state index >= 15 is 0 Å². The topological polar surface area (TPSA) is 101 Å². The van der Waals surface area contributed by atoms with Gasteiger partial charge in [0.25, 0.3) is 0 Å². The number of esters is 1. The zero-order chi connectivity index (χ0) is 21.8. The highest BCUT2D eigenvalue weighted by molar-refractivity contribution is 5.99. The second-order valence-electron chi connectivity index (χ2n) is 7.35. The van der Waals surface area contributed by atoms with E-state index in [1.165, 1.54) is 18.7 Å². The van der Waals surface area contributed by atoms with Crippen LogP contribution in [0.25, 0.3) is 17.5 Å². The normalized spacial score (nSPS) is 13.4. The minimum Gasteiger partial charge on any atom is -0.462 e. The van der Waals surface area contributed by atoms with E-state index in [2.05, 4.69) is 15.2 Å². The fraction of sp³-hybridized carbons (Fsp3) is 0.261. The number of anilines is 2. The molecular formula is C23H23N5O3. The standard InChI is InChI=1S/C23H23N5O3/c1-15(29)28(21-13-20(26-27-21)17-10-11-17)23-19(9-6-12-31-16(2)30)14-24-22(25-23)18-7-4-3-5-8-18/h3-9,13-14,17H,10-12H2,1-2H3,(H,26,27). The Morgan fingerprint density at radius 2 is 2.00 bits per heavy atom. The SMILES string of the molecule is CC(=O)OCC=Cc1cnc(-c2ccccc2)nc1N(C(C)=O)c1cc(C2CC2)[nH]n1. The Hall–Kier alpha value is -3.81. The summed E-state index contributed by atoms with van der Waals surface area (Å²) >= 11 is 0. The van der Waals surface area contributed by atoms with E-state index in [1.807, 2.05) is 36.4 Å². The van der Waals surface area contributed by atoms with Crippen LogP contribution in [-0.2, 0) is 14.3 Å². The van der Waals surface area contributed by atoms with Crippen molar-refractivity contribution in [1.82, 2.24) is 20.2 Å². The van der Waals surface area contributed by atoms with Gasteiger partial charge in [-0.2, -0.15) is 5.10 Å². The number of hydrogen-bond donors (Lipinski definition) is 1. The van der Waals surface area contributed by atoms with Crippen LogP contribution in [0.15, 0.2) is 48.7 Å². The van der Waals surface area contributed by atoms with Crippen molar-refractivity contribution in [3.63, 3.8) is 0 Å². The number of carbonyl (C=O) groups is 2. The van der Waals surface area contributed by atoms with Crippen molar-refractivity contribution in [2.24, 2.45) is 0 Å². The van der Waals surface area contributed by atoms with Crippen LogP contribution in [0.1, 0.15) is 43.9 Å². The smallest absolute Gasteiger partial charge is 0.302 e. The Labute approximate surface area is 180 Å². The molecule has 0 saturated heterocycles. The highest BCUT2D eigenvalue weighted by atomic mass is 16.5. The van der Waals surface area contributed by atoms with E-state index in [1.54, 1.807) is 18.3 Å². The summed E-state index contributed by atoms with van der Waals surface area (Å²) in [5.41, 5.74) is 2.46. The summed E-state index contributed by atoms with van der Waals surface area (Å²) < 4.78 is 4.96. The quantitative estimate of drug-likeness (QED) is 0.583. The number of aromatic amines is 1. The minimum absolute atomic E-state index is 0.115. The molecule has 1 fully saturated rings. The van der Waals surface area contributed by atoms with Crippen molar-refractivity contribution in [3.05, 3.63) is 59.9 Å². The molecule has 0 unspecified atom stereocenters. The number of nitrogens with zero attached hydrogens (tertiary/aromatic N) is 4. The first-order valence-corrected chi connectivity index (χ1v) is 10.1. The number of H-pyrrole nitrogens is 1. The number of ether oxygens (including phenoxy) is 1. The Morgan fingerprint density at radius 3 is 2.68 bits per heavy atom. The van der Waals surface area contributed by atoms with E-state index in [0.717, 1.165) is 24.1 Å². The van der Waals surface area contributed by atoms with Crippen LogP contribution >= 0.6 is 0 Å². The van der Waals surface area contributed by atoms with Gasteiger partial charge in [-0.15, -0.1) is 0 Å². The number of hydrogen-bond acceptors (Lipinski definition) is 6. The van der Waals surface area contributed by atoms with Crippen LogP contribution < -0.4 is 4.90 Å². The zero-order valence-corrected chi connectivity index (χ0v) is 17.4.